The lowest BCUT2D eigenvalue weighted by Gasteiger charge is -2.14. The third-order valence-corrected chi connectivity index (χ3v) is 4.22. The molecule has 0 aromatic heterocycles. The molecule has 0 bridgehead atoms. The molecule has 0 saturated carbocycles. The summed E-state index contributed by atoms with van der Waals surface area (Å²) in [6, 6.07) is 17.3. The summed E-state index contributed by atoms with van der Waals surface area (Å²) >= 11 is 0. The van der Waals surface area contributed by atoms with Crippen LogP contribution in [-0.2, 0) is 6.42 Å². The lowest BCUT2D eigenvalue weighted by atomic mass is 10.1. The molecule has 2 atom stereocenters. The first kappa shape index (κ1) is 14.1. The van der Waals surface area contributed by atoms with Gasteiger partial charge in [0.25, 0.3) is 0 Å². The zero-order chi connectivity index (χ0) is 14.7. The van der Waals surface area contributed by atoms with Crippen molar-refractivity contribution in [3.05, 3.63) is 65.2 Å². The van der Waals surface area contributed by atoms with Crippen LogP contribution in [0.3, 0.4) is 0 Å². The predicted molar refractivity (Wildman–Crippen MR) is 85.4 cm³/mol. The van der Waals surface area contributed by atoms with Gasteiger partial charge in [-0.3, -0.25) is 0 Å². The van der Waals surface area contributed by atoms with Gasteiger partial charge >= 0.3 is 0 Å². The van der Waals surface area contributed by atoms with E-state index >= 15 is 0 Å². The molecule has 0 saturated heterocycles. The van der Waals surface area contributed by atoms with E-state index in [4.69, 9.17) is 10.5 Å². The number of methoxy groups -OCH3 is 1. The third kappa shape index (κ3) is 3.09. The highest BCUT2D eigenvalue weighted by Crippen LogP contribution is 2.36. The van der Waals surface area contributed by atoms with Gasteiger partial charge in [0.15, 0.2) is 0 Å². The molecule has 2 unspecified atom stereocenters. The van der Waals surface area contributed by atoms with E-state index in [1.54, 1.807) is 7.11 Å². The summed E-state index contributed by atoms with van der Waals surface area (Å²) in [7, 11) is 1.69. The smallest absolute Gasteiger partial charge is 0.118 e. The standard InChI is InChI=1S/C18H22N2O/c1-21-14-8-6-13(7-9-14)10-11-20-18-12-17(19)15-4-2-3-5-16(15)18/h2-9,17-18,20H,10-12,19H2,1H3. The molecular weight excluding hydrogens is 260 g/mol. The molecule has 0 amide bonds. The first-order valence-electron chi connectivity index (χ1n) is 7.48. The Bertz CT molecular complexity index is 594. The van der Waals surface area contributed by atoms with Crippen LogP contribution < -0.4 is 15.8 Å². The van der Waals surface area contributed by atoms with E-state index in [2.05, 4.69) is 41.7 Å². The normalized spacial score (nSPS) is 20.3. The molecule has 0 heterocycles. The van der Waals surface area contributed by atoms with Gasteiger partial charge in [-0.2, -0.15) is 0 Å². The van der Waals surface area contributed by atoms with E-state index in [-0.39, 0.29) is 6.04 Å². The minimum Gasteiger partial charge on any atom is -0.497 e. The molecule has 3 N–H and O–H groups in total. The molecule has 0 fully saturated rings. The first-order valence-corrected chi connectivity index (χ1v) is 7.48. The summed E-state index contributed by atoms with van der Waals surface area (Å²) in [5.74, 6) is 0.905. The molecule has 3 rings (SSSR count). The monoisotopic (exact) mass is 282 g/mol. The van der Waals surface area contributed by atoms with Gasteiger partial charge in [-0.25, -0.2) is 0 Å². The molecule has 0 spiro atoms. The summed E-state index contributed by atoms with van der Waals surface area (Å²) in [6.07, 6.45) is 2.00. The van der Waals surface area contributed by atoms with Gasteiger partial charge in [-0.1, -0.05) is 36.4 Å². The van der Waals surface area contributed by atoms with Gasteiger partial charge in [-0.05, 0) is 48.2 Å². The van der Waals surface area contributed by atoms with Crippen molar-refractivity contribution in [2.45, 2.75) is 24.9 Å². The number of nitrogens with one attached hydrogen (secondary N) is 1. The van der Waals surface area contributed by atoms with E-state index in [0.717, 1.165) is 25.1 Å². The first-order chi connectivity index (χ1) is 10.3. The number of fused-ring (bicyclic) bond motifs is 1. The Hall–Kier alpha value is -1.84. The molecule has 1 aliphatic rings. The topological polar surface area (TPSA) is 47.3 Å². The maximum Gasteiger partial charge on any atom is 0.118 e. The van der Waals surface area contributed by atoms with E-state index in [0.29, 0.717) is 6.04 Å². The number of hydrogen-bond acceptors (Lipinski definition) is 3. The van der Waals surface area contributed by atoms with Crippen LogP contribution >= 0.6 is 0 Å². The number of hydrogen-bond donors (Lipinski definition) is 2. The van der Waals surface area contributed by atoms with Gasteiger partial charge in [-0.15, -0.1) is 0 Å². The zero-order valence-corrected chi connectivity index (χ0v) is 12.4. The predicted octanol–water partition coefficient (Wildman–Crippen LogP) is 2.97. The highest BCUT2D eigenvalue weighted by Gasteiger charge is 2.27. The van der Waals surface area contributed by atoms with Crippen molar-refractivity contribution >= 4 is 0 Å². The number of benzene rings is 2. The average Bonchev–Trinajstić information content (AvgIpc) is 2.85. The average molecular weight is 282 g/mol. The van der Waals surface area contributed by atoms with Gasteiger partial charge in [0.2, 0.25) is 0 Å². The fraction of sp³-hybridized carbons (Fsp3) is 0.333. The van der Waals surface area contributed by atoms with Crippen LogP contribution in [0.4, 0.5) is 0 Å². The van der Waals surface area contributed by atoms with Crippen LogP contribution in [0.2, 0.25) is 0 Å². The van der Waals surface area contributed by atoms with Gasteiger partial charge in [0.05, 0.1) is 7.11 Å². The van der Waals surface area contributed by atoms with Crippen molar-refractivity contribution in [3.8, 4) is 5.75 Å². The Labute approximate surface area is 126 Å². The van der Waals surface area contributed by atoms with Gasteiger partial charge < -0.3 is 15.8 Å². The quantitative estimate of drug-likeness (QED) is 0.886. The summed E-state index contributed by atoms with van der Waals surface area (Å²) in [6.45, 7) is 0.956. The van der Waals surface area contributed by atoms with Crippen molar-refractivity contribution < 1.29 is 4.74 Å². The highest BCUT2D eigenvalue weighted by atomic mass is 16.5. The van der Waals surface area contributed by atoms with E-state index < -0.39 is 0 Å². The van der Waals surface area contributed by atoms with Gasteiger partial charge in [0, 0.05) is 12.1 Å². The van der Waals surface area contributed by atoms with Crippen molar-refractivity contribution in [1.82, 2.24) is 5.32 Å². The third-order valence-electron chi connectivity index (χ3n) is 4.22. The second-order valence-electron chi connectivity index (χ2n) is 5.58. The molecule has 1 aliphatic carbocycles. The minimum absolute atomic E-state index is 0.166. The van der Waals surface area contributed by atoms with Crippen molar-refractivity contribution in [1.29, 1.82) is 0 Å². The maximum absolute atomic E-state index is 6.20. The van der Waals surface area contributed by atoms with Crippen LogP contribution in [0.25, 0.3) is 0 Å². The SMILES string of the molecule is COc1ccc(CCNC2CC(N)c3ccccc32)cc1. The minimum atomic E-state index is 0.166. The Balaban J connectivity index is 1.56. The van der Waals surface area contributed by atoms with Crippen LogP contribution in [-0.4, -0.2) is 13.7 Å². The van der Waals surface area contributed by atoms with Crippen LogP contribution in [0.5, 0.6) is 5.75 Å². The highest BCUT2D eigenvalue weighted by molar-refractivity contribution is 5.37. The molecule has 0 radical (unpaired) electrons. The Morgan fingerprint density at radius 3 is 2.52 bits per heavy atom. The maximum atomic E-state index is 6.20. The second kappa shape index (κ2) is 6.29. The molecule has 21 heavy (non-hydrogen) atoms. The lowest BCUT2D eigenvalue weighted by molar-refractivity contribution is 0.414. The second-order valence-corrected chi connectivity index (χ2v) is 5.58. The fourth-order valence-electron chi connectivity index (χ4n) is 3.05. The van der Waals surface area contributed by atoms with Crippen LogP contribution in [0, 0.1) is 0 Å². The number of rotatable bonds is 5. The summed E-state index contributed by atoms with van der Waals surface area (Å²) in [4.78, 5) is 0. The summed E-state index contributed by atoms with van der Waals surface area (Å²) < 4.78 is 5.18. The van der Waals surface area contributed by atoms with E-state index in [1.165, 1.54) is 16.7 Å². The molecule has 0 aliphatic heterocycles. The zero-order valence-electron chi connectivity index (χ0n) is 12.4. The Morgan fingerprint density at radius 1 is 1.10 bits per heavy atom. The Morgan fingerprint density at radius 2 is 1.81 bits per heavy atom. The molecule has 3 nitrogen and oxygen atoms in total. The van der Waals surface area contributed by atoms with E-state index in [9.17, 15) is 0 Å². The molecule has 110 valence electrons. The van der Waals surface area contributed by atoms with Crippen LogP contribution in [0.15, 0.2) is 48.5 Å². The van der Waals surface area contributed by atoms with E-state index in [1.807, 2.05) is 12.1 Å². The largest absolute Gasteiger partial charge is 0.497 e. The molecular formula is C18H22N2O. The van der Waals surface area contributed by atoms with Gasteiger partial charge in [0.1, 0.15) is 5.75 Å². The number of ether oxygens (including phenoxy) is 1. The lowest BCUT2D eigenvalue weighted by Crippen LogP contribution is -2.22. The van der Waals surface area contributed by atoms with Crippen molar-refractivity contribution in [2.24, 2.45) is 5.73 Å². The Kier molecular flexibility index (Phi) is 4.23. The summed E-state index contributed by atoms with van der Waals surface area (Å²) in [5.41, 5.74) is 10.2. The van der Waals surface area contributed by atoms with Crippen molar-refractivity contribution in [3.63, 3.8) is 0 Å². The molecule has 2 aromatic rings. The fourth-order valence-corrected chi connectivity index (χ4v) is 3.05. The molecule has 2 aromatic carbocycles. The van der Waals surface area contributed by atoms with Crippen molar-refractivity contribution in [2.75, 3.05) is 13.7 Å². The number of nitrogens with two attached hydrogens (primary N) is 1. The summed E-state index contributed by atoms with van der Waals surface area (Å²) in [5, 5.41) is 3.63. The van der Waals surface area contributed by atoms with Crippen LogP contribution in [0.1, 0.15) is 35.2 Å². The molecule has 3 heteroatoms.